The summed E-state index contributed by atoms with van der Waals surface area (Å²) in [4.78, 5) is 12.0. The summed E-state index contributed by atoms with van der Waals surface area (Å²) in [5.74, 6) is -0.730. The SMILES string of the molecule is CCc1cccc2c1NC(C)C(CC(=O)O)S2. The van der Waals surface area contributed by atoms with Gasteiger partial charge in [0.25, 0.3) is 0 Å². The summed E-state index contributed by atoms with van der Waals surface area (Å²) in [5.41, 5.74) is 2.49. The van der Waals surface area contributed by atoms with Gasteiger partial charge in [0.2, 0.25) is 0 Å². The topological polar surface area (TPSA) is 49.3 Å². The standard InChI is InChI=1S/C13H17NO2S/c1-3-9-5-4-6-10-13(9)14-8(2)11(17-10)7-12(15)16/h4-6,8,11,14H,3,7H2,1-2H3,(H,15,16). The Morgan fingerprint density at radius 3 is 2.94 bits per heavy atom. The summed E-state index contributed by atoms with van der Waals surface area (Å²) >= 11 is 1.68. The van der Waals surface area contributed by atoms with Crippen molar-refractivity contribution in [2.24, 2.45) is 0 Å². The summed E-state index contributed by atoms with van der Waals surface area (Å²) in [5, 5.41) is 12.4. The van der Waals surface area contributed by atoms with Crippen LogP contribution in [-0.4, -0.2) is 22.4 Å². The molecule has 3 nitrogen and oxygen atoms in total. The van der Waals surface area contributed by atoms with E-state index in [1.807, 2.05) is 6.07 Å². The second kappa shape index (κ2) is 5.00. The molecule has 1 aromatic rings. The third-order valence-corrected chi connectivity index (χ3v) is 4.55. The molecule has 0 amide bonds. The molecule has 2 atom stereocenters. The van der Waals surface area contributed by atoms with Crippen LogP contribution in [0.5, 0.6) is 0 Å². The number of fused-ring (bicyclic) bond motifs is 1. The molecule has 1 aliphatic heterocycles. The molecule has 0 saturated carbocycles. The predicted molar refractivity (Wildman–Crippen MR) is 70.8 cm³/mol. The molecule has 0 aromatic heterocycles. The number of nitrogens with one attached hydrogen (secondary N) is 1. The Hall–Kier alpha value is -1.16. The van der Waals surface area contributed by atoms with Crippen molar-refractivity contribution in [1.82, 2.24) is 0 Å². The number of rotatable bonds is 3. The van der Waals surface area contributed by atoms with E-state index in [0.29, 0.717) is 0 Å². The molecule has 92 valence electrons. The van der Waals surface area contributed by atoms with Crippen LogP contribution >= 0.6 is 11.8 Å². The number of benzene rings is 1. The molecule has 2 unspecified atom stereocenters. The van der Waals surface area contributed by atoms with Gasteiger partial charge < -0.3 is 10.4 Å². The number of aryl methyl sites for hydroxylation is 1. The van der Waals surface area contributed by atoms with E-state index in [0.717, 1.165) is 6.42 Å². The van der Waals surface area contributed by atoms with E-state index in [1.165, 1.54) is 16.1 Å². The molecule has 0 spiro atoms. The van der Waals surface area contributed by atoms with Crippen molar-refractivity contribution in [1.29, 1.82) is 0 Å². The average molecular weight is 251 g/mol. The fourth-order valence-corrected chi connectivity index (χ4v) is 3.40. The molecule has 4 heteroatoms. The van der Waals surface area contributed by atoms with Crippen LogP contribution in [-0.2, 0) is 11.2 Å². The van der Waals surface area contributed by atoms with E-state index < -0.39 is 5.97 Å². The lowest BCUT2D eigenvalue weighted by molar-refractivity contribution is -0.137. The van der Waals surface area contributed by atoms with Gasteiger partial charge in [0.05, 0.1) is 12.1 Å². The number of thioether (sulfide) groups is 1. The number of aliphatic carboxylic acids is 1. The second-order valence-electron chi connectivity index (χ2n) is 4.33. The first-order chi connectivity index (χ1) is 8.11. The van der Waals surface area contributed by atoms with Crippen LogP contribution in [0.2, 0.25) is 0 Å². The highest BCUT2D eigenvalue weighted by Crippen LogP contribution is 2.40. The van der Waals surface area contributed by atoms with Crippen LogP contribution in [0.4, 0.5) is 5.69 Å². The molecular formula is C13H17NO2S. The van der Waals surface area contributed by atoms with Crippen molar-refractivity contribution in [2.45, 2.75) is 42.9 Å². The van der Waals surface area contributed by atoms with Gasteiger partial charge in [-0.3, -0.25) is 4.79 Å². The van der Waals surface area contributed by atoms with Gasteiger partial charge in [0.1, 0.15) is 0 Å². The van der Waals surface area contributed by atoms with E-state index in [2.05, 4.69) is 31.3 Å². The van der Waals surface area contributed by atoms with Crippen LogP contribution < -0.4 is 5.32 Å². The summed E-state index contributed by atoms with van der Waals surface area (Å²) in [6.45, 7) is 4.19. The Labute approximate surface area is 106 Å². The lowest BCUT2D eigenvalue weighted by Crippen LogP contribution is -2.34. The van der Waals surface area contributed by atoms with Crippen LogP contribution in [0.25, 0.3) is 0 Å². The van der Waals surface area contributed by atoms with Crippen LogP contribution in [0.3, 0.4) is 0 Å². The van der Waals surface area contributed by atoms with Crippen LogP contribution in [0.15, 0.2) is 23.1 Å². The van der Waals surface area contributed by atoms with E-state index in [1.54, 1.807) is 11.8 Å². The molecule has 0 bridgehead atoms. The number of hydrogen-bond donors (Lipinski definition) is 2. The summed E-state index contributed by atoms with van der Waals surface area (Å²) in [6, 6.07) is 6.42. The quantitative estimate of drug-likeness (QED) is 0.867. The van der Waals surface area contributed by atoms with Gasteiger partial charge in [-0.25, -0.2) is 0 Å². The third-order valence-electron chi connectivity index (χ3n) is 3.08. The van der Waals surface area contributed by atoms with Crippen molar-refractivity contribution in [3.05, 3.63) is 23.8 Å². The van der Waals surface area contributed by atoms with Crippen molar-refractivity contribution in [3.63, 3.8) is 0 Å². The van der Waals surface area contributed by atoms with Crippen LogP contribution in [0, 0.1) is 0 Å². The fraction of sp³-hybridized carbons (Fsp3) is 0.462. The number of para-hydroxylation sites is 1. The van der Waals surface area contributed by atoms with E-state index in [4.69, 9.17) is 5.11 Å². The lowest BCUT2D eigenvalue weighted by Gasteiger charge is -2.32. The molecule has 0 aliphatic carbocycles. The first-order valence-corrected chi connectivity index (χ1v) is 6.76. The monoisotopic (exact) mass is 251 g/mol. The molecule has 2 rings (SSSR count). The van der Waals surface area contributed by atoms with Crippen molar-refractivity contribution in [2.75, 3.05) is 5.32 Å². The normalized spacial score (nSPS) is 22.7. The Morgan fingerprint density at radius 2 is 2.29 bits per heavy atom. The summed E-state index contributed by atoms with van der Waals surface area (Å²) in [6.07, 6.45) is 1.20. The molecule has 17 heavy (non-hydrogen) atoms. The van der Waals surface area contributed by atoms with Gasteiger partial charge in [-0.2, -0.15) is 0 Å². The Bertz CT molecular complexity index is 433. The Kier molecular flexibility index (Phi) is 3.62. The minimum absolute atomic E-state index is 0.104. The Morgan fingerprint density at radius 1 is 1.53 bits per heavy atom. The zero-order valence-electron chi connectivity index (χ0n) is 10.1. The van der Waals surface area contributed by atoms with E-state index >= 15 is 0 Å². The highest BCUT2D eigenvalue weighted by atomic mass is 32.2. The zero-order chi connectivity index (χ0) is 12.4. The lowest BCUT2D eigenvalue weighted by atomic mass is 10.1. The Balaban J connectivity index is 2.26. The first-order valence-electron chi connectivity index (χ1n) is 5.88. The van der Waals surface area contributed by atoms with Gasteiger partial charge in [-0.15, -0.1) is 11.8 Å². The fourth-order valence-electron chi connectivity index (χ4n) is 2.11. The maximum absolute atomic E-state index is 10.8. The minimum Gasteiger partial charge on any atom is -0.481 e. The maximum Gasteiger partial charge on any atom is 0.304 e. The highest BCUT2D eigenvalue weighted by molar-refractivity contribution is 8.00. The average Bonchev–Trinajstić information content (AvgIpc) is 2.29. The van der Waals surface area contributed by atoms with Gasteiger partial charge in [-0.1, -0.05) is 19.1 Å². The van der Waals surface area contributed by atoms with Crippen molar-refractivity contribution in [3.8, 4) is 0 Å². The van der Waals surface area contributed by atoms with Gasteiger partial charge in [0.15, 0.2) is 0 Å². The summed E-state index contributed by atoms with van der Waals surface area (Å²) in [7, 11) is 0. The molecule has 0 radical (unpaired) electrons. The predicted octanol–water partition coefficient (Wildman–Crippen LogP) is 3.00. The summed E-state index contributed by atoms with van der Waals surface area (Å²) < 4.78 is 0. The molecule has 2 N–H and O–H groups in total. The largest absolute Gasteiger partial charge is 0.481 e. The number of carboxylic acid groups (broad SMARTS) is 1. The number of hydrogen-bond acceptors (Lipinski definition) is 3. The van der Waals surface area contributed by atoms with Crippen LogP contribution in [0.1, 0.15) is 25.8 Å². The van der Waals surface area contributed by atoms with Gasteiger partial charge in [0, 0.05) is 16.2 Å². The minimum atomic E-state index is -0.730. The highest BCUT2D eigenvalue weighted by Gasteiger charge is 2.28. The first kappa shape index (κ1) is 12.3. The molecule has 1 aromatic carbocycles. The van der Waals surface area contributed by atoms with Gasteiger partial charge in [-0.05, 0) is 25.0 Å². The number of carbonyl (C=O) groups is 1. The van der Waals surface area contributed by atoms with Crippen molar-refractivity contribution < 1.29 is 9.90 Å². The van der Waals surface area contributed by atoms with E-state index in [-0.39, 0.29) is 17.7 Å². The zero-order valence-corrected chi connectivity index (χ0v) is 10.9. The molecule has 0 fully saturated rings. The molecule has 1 aliphatic rings. The number of anilines is 1. The molecule has 1 heterocycles. The molecular weight excluding hydrogens is 234 g/mol. The second-order valence-corrected chi connectivity index (χ2v) is 5.61. The van der Waals surface area contributed by atoms with Crippen molar-refractivity contribution >= 4 is 23.4 Å². The molecule has 0 saturated heterocycles. The number of carboxylic acids is 1. The maximum atomic E-state index is 10.8. The third kappa shape index (κ3) is 2.57. The van der Waals surface area contributed by atoms with Gasteiger partial charge >= 0.3 is 5.97 Å². The van der Waals surface area contributed by atoms with E-state index in [9.17, 15) is 4.79 Å². The smallest absolute Gasteiger partial charge is 0.304 e.